The van der Waals surface area contributed by atoms with Crippen LogP contribution < -0.4 is 4.74 Å². The lowest BCUT2D eigenvalue weighted by Gasteiger charge is -2.15. The molecule has 0 bridgehead atoms. The van der Waals surface area contributed by atoms with E-state index in [1.54, 1.807) is 19.1 Å². The van der Waals surface area contributed by atoms with E-state index in [-0.39, 0.29) is 5.91 Å². The molecule has 0 heterocycles. The van der Waals surface area contributed by atoms with Gasteiger partial charge in [-0.3, -0.25) is 4.79 Å². The quantitative estimate of drug-likeness (QED) is 0.702. The van der Waals surface area contributed by atoms with Crippen molar-refractivity contribution in [1.29, 1.82) is 0 Å². The Morgan fingerprint density at radius 1 is 1.47 bits per heavy atom. The first-order valence-electron chi connectivity index (χ1n) is 4.68. The number of hydrogen-bond acceptors (Lipinski definition) is 2. The van der Waals surface area contributed by atoms with Crippen LogP contribution in [0.3, 0.4) is 0 Å². The first kappa shape index (κ1) is 11.3. The molecule has 1 amide bonds. The van der Waals surface area contributed by atoms with Crippen LogP contribution in [0.5, 0.6) is 5.75 Å². The molecule has 0 unspecified atom stereocenters. The Labute approximate surface area is 90.0 Å². The molecule has 0 aliphatic carbocycles. The van der Waals surface area contributed by atoms with Crippen molar-refractivity contribution < 1.29 is 9.53 Å². The fourth-order valence-corrected chi connectivity index (χ4v) is 1.24. The predicted molar refractivity (Wildman–Crippen MR) is 59.7 cm³/mol. The molecule has 1 aromatic carbocycles. The average Bonchev–Trinajstić information content (AvgIpc) is 2.29. The zero-order valence-electron chi connectivity index (χ0n) is 9.06. The first-order chi connectivity index (χ1) is 7.17. The second-order valence-electron chi connectivity index (χ2n) is 3.25. The zero-order chi connectivity index (χ0) is 11.3. The minimum atomic E-state index is -0.0779. The summed E-state index contributed by atoms with van der Waals surface area (Å²) in [4.78, 5) is 12.8. The summed E-state index contributed by atoms with van der Waals surface area (Å²) >= 11 is 0. The molecule has 0 radical (unpaired) electrons. The molecule has 15 heavy (non-hydrogen) atoms. The van der Waals surface area contributed by atoms with Crippen LogP contribution in [-0.2, 0) is 11.3 Å². The molecule has 0 aromatic heterocycles. The molecule has 0 N–H and O–H groups in total. The van der Waals surface area contributed by atoms with Gasteiger partial charge in [0.2, 0.25) is 5.91 Å². The summed E-state index contributed by atoms with van der Waals surface area (Å²) in [6.45, 7) is 4.02. The molecular weight excluding hydrogens is 190 g/mol. The van der Waals surface area contributed by atoms with E-state index in [1.165, 1.54) is 6.08 Å². The molecule has 0 saturated heterocycles. The van der Waals surface area contributed by atoms with E-state index in [1.807, 2.05) is 24.3 Å². The summed E-state index contributed by atoms with van der Waals surface area (Å²) in [5.41, 5.74) is 1.06. The first-order valence-corrected chi connectivity index (χ1v) is 4.68. The van der Waals surface area contributed by atoms with Crippen molar-refractivity contribution in [3.8, 4) is 5.75 Å². The zero-order valence-corrected chi connectivity index (χ0v) is 9.06. The Morgan fingerprint density at radius 2 is 2.07 bits per heavy atom. The maximum atomic E-state index is 11.2. The highest BCUT2D eigenvalue weighted by Crippen LogP contribution is 2.12. The second kappa shape index (κ2) is 5.20. The third kappa shape index (κ3) is 3.13. The Bertz CT molecular complexity index is 343. The normalized spacial score (nSPS) is 9.47. The number of methoxy groups -OCH3 is 1. The summed E-state index contributed by atoms with van der Waals surface area (Å²) < 4.78 is 5.05. The van der Waals surface area contributed by atoms with Gasteiger partial charge in [-0.05, 0) is 23.8 Å². The van der Waals surface area contributed by atoms with Gasteiger partial charge in [-0.25, -0.2) is 0 Å². The minimum absolute atomic E-state index is 0.0779. The van der Waals surface area contributed by atoms with Crippen molar-refractivity contribution in [3.05, 3.63) is 42.5 Å². The molecule has 1 aromatic rings. The van der Waals surface area contributed by atoms with Gasteiger partial charge in [0.1, 0.15) is 5.75 Å². The van der Waals surface area contributed by atoms with Gasteiger partial charge in [0.25, 0.3) is 0 Å². The maximum Gasteiger partial charge on any atom is 0.245 e. The number of amides is 1. The Balaban J connectivity index is 2.64. The number of ether oxygens (including phenoxy) is 1. The monoisotopic (exact) mass is 205 g/mol. The van der Waals surface area contributed by atoms with Gasteiger partial charge in [-0.1, -0.05) is 18.7 Å². The molecule has 3 nitrogen and oxygen atoms in total. The van der Waals surface area contributed by atoms with Gasteiger partial charge in [-0.15, -0.1) is 0 Å². The van der Waals surface area contributed by atoms with Crippen molar-refractivity contribution in [2.75, 3.05) is 14.2 Å². The van der Waals surface area contributed by atoms with Crippen LogP contribution in [-0.4, -0.2) is 25.0 Å². The van der Waals surface area contributed by atoms with Gasteiger partial charge in [-0.2, -0.15) is 0 Å². The Kier molecular flexibility index (Phi) is 3.92. The maximum absolute atomic E-state index is 11.2. The largest absolute Gasteiger partial charge is 0.497 e. The summed E-state index contributed by atoms with van der Waals surface area (Å²) in [5, 5.41) is 0. The molecule has 0 fully saturated rings. The smallest absolute Gasteiger partial charge is 0.245 e. The van der Waals surface area contributed by atoms with E-state index in [0.717, 1.165) is 11.3 Å². The molecule has 0 aliphatic rings. The average molecular weight is 205 g/mol. The highest BCUT2D eigenvalue weighted by atomic mass is 16.5. The second-order valence-corrected chi connectivity index (χ2v) is 3.25. The van der Waals surface area contributed by atoms with Crippen LogP contribution in [0.15, 0.2) is 36.9 Å². The molecule has 3 heteroatoms. The van der Waals surface area contributed by atoms with Crippen molar-refractivity contribution in [2.24, 2.45) is 0 Å². The van der Waals surface area contributed by atoms with Crippen LogP contribution in [0.25, 0.3) is 0 Å². The molecule has 1 rings (SSSR count). The van der Waals surface area contributed by atoms with Crippen LogP contribution >= 0.6 is 0 Å². The highest BCUT2D eigenvalue weighted by molar-refractivity contribution is 5.86. The SMILES string of the molecule is C=CC(=O)N(C)Cc1ccc(OC)cc1. The van der Waals surface area contributed by atoms with Gasteiger partial charge in [0.05, 0.1) is 7.11 Å². The lowest BCUT2D eigenvalue weighted by molar-refractivity contribution is -0.125. The number of likely N-dealkylation sites (N-methyl/N-ethyl adjacent to an activating group) is 1. The number of nitrogens with zero attached hydrogens (tertiary/aromatic N) is 1. The minimum Gasteiger partial charge on any atom is -0.497 e. The van der Waals surface area contributed by atoms with Crippen molar-refractivity contribution in [2.45, 2.75) is 6.54 Å². The summed E-state index contributed by atoms with van der Waals surface area (Å²) in [7, 11) is 3.37. The number of benzene rings is 1. The van der Waals surface area contributed by atoms with E-state index in [2.05, 4.69) is 6.58 Å². The van der Waals surface area contributed by atoms with Gasteiger partial charge < -0.3 is 9.64 Å². The van der Waals surface area contributed by atoms with Crippen LogP contribution in [0, 0.1) is 0 Å². The molecule has 0 atom stereocenters. The standard InChI is InChI=1S/C12H15NO2/c1-4-12(14)13(2)9-10-5-7-11(15-3)8-6-10/h4-8H,1,9H2,2-3H3. The summed E-state index contributed by atoms with van der Waals surface area (Å²) in [5.74, 6) is 0.738. The van der Waals surface area contributed by atoms with Crippen LogP contribution in [0.1, 0.15) is 5.56 Å². The van der Waals surface area contributed by atoms with Crippen LogP contribution in [0.4, 0.5) is 0 Å². The van der Waals surface area contributed by atoms with Crippen molar-refractivity contribution >= 4 is 5.91 Å². The number of rotatable bonds is 4. The third-order valence-electron chi connectivity index (χ3n) is 2.13. The topological polar surface area (TPSA) is 29.5 Å². The number of carbonyl (C=O) groups is 1. The Morgan fingerprint density at radius 3 is 2.53 bits per heavy atom. The third-order valence-corrected chi connectivity index (χ3v) is 2.13. The lowest BCUT2D eigenvalue weighted by Crippen LogP contribution is -2.23. The van der Waals surface area contributed by atoms with Crippen molar-refractivity contribution in [1.82, 2.24) is 4.90 Å². The van der Waals surface area contributed by atoms with E-state index in [4.69, 9.17) is 4.74 Å². The van der Waals surface area contributed by atoms with E-state index in [9.17, 15) is 4.79 Å². The van der Waals surface area contributed by atoms with E-state index in [0.29, 0.717) is 6.54 Å². The molecule has 80 valence electrons. The van der Waals surface area contributed by atoms with Crippen molar-refractivity contribution in [3.63, 3.8) is 0 Å². The Hall–Kier alpha value is -1.77. The van der Waals surface area contributed by atoms with Gasteiger partial charge in [0, 0.05) is 13.6 Å². The van der Waals surface area contributed by atoms with Gasteiger partial charge >= 0.3 is 0 Å². The lowest BCUT2D eigenvalue weighted by atomic mass is 10.2. The molecule has 0 spiro atoms. The van der Waals surface area contributed by atoms with Gasteiger partial charge in [0.15, 0.2) is 0 Å². The highest BCUT2D eigenvalue weighted by Gasteiger charge is 2.04. The summed E-state index contributed by atoms with van der Waals surface area (Å²) in [6.07, 6.45) is 1.31. The molecule has 0 aliphatic heterocycles. The predicted octanol–water partition coefficient (Wildman–Crippen LogP) is 1.84. The fraction of sp³-hybridized carbons (Fsp3) is 0.250. The molecule has 0 saturated carbocycles. The summed E-state index contributed by atoms with van der Waals surface area (Å²) in [6, 6.07) is 7.63. The fourth-order valence-electron chi connectivity index (χ4n) is 1.24. The van der Waals surface area contributed by atoms with Crippen LogP contribution in [0.2, 0.25) is 0 Å². The number of carbonyl (C=O) groups excluding carboxylic acids is 1. The number of hydrogen-bond donors (Lipinski definition) is 0. The van der Waals surface area contributed by atoms with E-state index < -0.39 is 0 Å². The molecular formula is C12H15NO2. The van der Waals surface area contributed by atoms with E-state index >= 15 is 0 Å².